The highest BCUT2D eigenvalue weighted by atomic mass is 16.5. The lowest BCUT2D eigenvalue weighted by Crippen LogP contribution is -2.41. The van der Waals surface area contributed by atoms with Gasteiger partial charge in [0.15, 0.2) is 11.5 Å². The van der Waals surface area contributed by atoms with Crippen molar-refractivity contribution in [1.29, 1.82) is 0 Å². The molecule has 2 heterocycles. The highest BCUT2D eigenvalue weighted by molar-refractivity contribution is 5.93. The van der Waals surface area contributed by atoms with Gasteiger partial charge in [0.25, 0.3) is 5.91 Å². The predicted octanol–water partition coefficient (Wildman–Crippen LogP) is 1.72. The van der Waals surface area contributed by atoms with Crippen LogP contribution in [0.15, 0.2) is 24.5 Å². The molecule has 1 saturated heterocycles. The third-order valence-corrected chi connectivity index (χ3v) is 4.12. The predicted molar refractivity (Wildman–Crippen MR) is 98.1 cm³/mol. The number of benzene rings is 1. The van der Waals surface area contributed by atoms with E-state index in [4.69, 9.17) is 18.9 Å². The summed E-state index contributed by atoms with van der Waals surface area (Å²) in [4.78, 5) is 22.6. The summed E-state index contributed by atoms with van der Waals surface area (Å²) in [7, 11) is 4.64. The molecule has 1 aliphatic heterocycles. The van der Waals surface area contributed by atoms with Gasteiger partial charge >= 0.3 is 0 Å². The molecule has 9 nitrogen and oxygen atoms in total. The van der Waals surface area contributed by atoms with Crippen LogP contribution in [0, 0.1) is 0 Å². The van der Waals surface area contributed by atoms with Crippen LogP contribution in [0.1, 0.15) is 10.5 Å². The van der Waals surface area contributed by atoms with E-state index in [2.05, 4.69) is 15.3 Å². The number of carbonyl (C=O) groups excluding carboxylic acids is 1. The van der Waals surface area contributed by atoms with Crippen LogP contribution in [0.2, 0.25) is 0 Å². The first kappa shape index (κ1) is 18.7. The highest BCUT2D eigenvalue weighted by Gasteiger charge is 2.20. The van der Waals surface area contributed by atoms with Gasteiger partial charge in [0.2, 0.25) is 5.75 Å². The number of morpholine rings is 1. The van der Waals surface area contributed by atoms with Gasteiger partial charge in [-0.25, -0.2) is 9.97 Å². The topological polar surface area (TPSA) is 95.0 Å². The molecule has 0 radical (unpaired) electrons. The number of nitrogens with zero attached hydrogens (tertiary/aromatic N) is 3. The quantitative estimate of drug-likeness (QED) is 0.817. The second-order valence-electron chi connectivity index (χ2n) is 5.73. The Labute approximate surface area is 157 Å². The maximum atomic E-state index is 12.6. The molecular formula is C18H22N4O5. The minimum Gasteiger partial charge on any atom is -0.493 e. The molecule has 1 aromatic carbocycles. The lowest BCUT2D eigenvalue weighted by atomic mass is 10.2. The molecule has 0 bridgehead atoms. The van der Waals surface area contributed by atoms with Crippen LogP contribution in [-0.2, 0) is 4.74 Å². The van der Waals surface area contributed by atoms with Crippen LogP contribution in [0.5, 0.6) is 17.2 Å². The first-order valence-electron chi connectivity index (χ1n) is 8.42. The Kier molecular flexibility index (Phi) is 5.92. The number of hydrogen-bond donors (Lipinski definition) is 1. The van der Waals surface area contributed by atoms with Crippen molar-refractivity contribution in [1.82, 2.24) is 14.9 Å². The molecule has 0 atom stereocenters. The smallest absolute Gasteiger partial charge is 0.272 e. The van der Waals surface area contributed by atoms with Crippen LogP contribution >= 0.6 is 0 Å². The standard InChI is InChI=1S/C18H22N4O5/c1-24-14-8-12(9-15(25-2)17(14)26-3)21-16-10-13(19-11-20-16)18(23)22-4-6-27-7-5-22/h8-11H,4-7H2,1-3H3,(H,19,20,21). The van der Waals surface area contributed by atoms with Gasteiger partial charge in [-0.2, -0.15) is 0 Å². The summed E-state index contributed by atoms with van der Waals surface area (Å²) >= 11 is 0. The van der Waals surface area contributed by atoms with E-state index in [1.807, 2.05) is 0 Å². The number of aromatic nitrogens is 2. The van der Waals surface area contributed by atoms with Crippen molar-refractivity contribution in [2.24, 2.45) is 0 Å². The van der Waals surface area contributed by atoms with Crippen molar-refractivity contribution in [3.05, 3.63) is 30.2 Å². The van der Waals surface area contributed by atoms with Crippen LogP contribution in [0.25, 0.3) is 0 Å². The monoisotopic (exact) mass is 374 g/mol. The van der Waals surface area contributed by atoms with Gasteiger partial charge in [0, 0.05) is 37.0 Å². The minimum atomic E-state index is -0.145. The zero-order valence-corrected chi connectivity index (χ0v) is 15.5. The van der Waals surface area contributed by atoms with Gasteiger partial charge in [-0.05, 0) is 0 Å². The second kappa shape index (κ2) is 8.54. The molecule has 27 heavy (non-hydrogen) atoms. The lowest BCUT2D eigenvalue weighted by Gasteiger charge is -2.26. The number of carbonyl (C=O) groups is 1. The van der Waals surface area contributed by atoms with Gasteiger partial charge in [-0.3, -0.25) is 4.79 Å². The van der Waals surface area contributed by atoms with Crippen molar-refractivity contribution in [2.45, 2.75) is 0 Å². The van der Waals surface area contributed by atoms with E-state index in [0.29, 0.717) is 60.8 Å². The van der Waals surface area contributed by atoms with Crippen LogP contribution in [0.3, 0.4) is 0 Å². The number of hydrogen-bond acceptors (Lipinski definition) is 8. The van der Waals surface area contributed by atoms with Crippen LogP contribution in [-0.4, -0.2) is 68.4 Å². The van der Waals surface area contributed by atoms with Crippen molar-refractivity contribution in [2.75, 3.05) is 52.9 Å². The van der Waals surface area contributed by atoms with Crippen molar-refractivity contribution >= 4 is 17.4 Å². The van der Waals surface area contributed by atoms with E-state index in [1.54, 1.807) is 44.4 Å². The molecule has 1 amide bonds. The van der Waals surface area contributed by atoms with E-state index in [9.17, 15) is 4.79 Å². The molecule has 1 aromatic heterocycles. The fourth-order valence-electron chi connectivity index (χ4n) is 2.77. The molecule has 3 rings (SSSR count). The molecule has 0 saturated carbocycles. The van der Waals surface area contributed by atoms with Crippen molar-refractivity contribution in [3.8, 4) is 17.2 Å². The average Bonchev–Trinajstić information content (AvgIpc) is 2.73. The number of ether oxygens (including phenoxy) is 4. The van der Waals surface area contributed by atoms with E-state index in [-0.39, 0.29) is 5.91 Å². The molecule has 1 N–H and O–H groups in total. The molecule has 1 aliphatic rings. The SMILES string of the molecule is COc1cc(Nc2cc(C(=O)N3CCOCC3)ncn2)cc(OC)c1OC. The molecule has 0 aliphatic carbocycles. The summed E-state index contributed by atoms with van der Waals surface area (Å²) in [5.74, 6) is 1.86. The molecular weight excluding hydrogens is 352 g/mol. The normalized spacial score (nSPS) is 13.8. The summed E-state index contributed by atoms with van der Waals surface area (Å²) in [5.41, 5.74) is 0.995. The number of nitrogens with one attached hydrogen (secondary N) is 1. The third-order valence-electron chi connectivity index (χ3n) is 4.12. The first-order chi connectivity index (χ1) is 13.2. The number of amides is 1. The molecule has 9 heteroatoms. The van der Waals surface area contributed by atoms with E-state index >= 15 is 0 Å². The Balaban J connectivity index is 1.83. The largest absolute Gasteiger partial charge is 0.493 e. The fraction of sp³-hybridized carbons (Fsp3) is 0.389. The fourth-order valence-corrected chi connectivity index (χ4v) is 2.77. The summed E-state index contributed by atoms with van der Waals surface area (Å²) in [6.45, 7) is 2.18. The van der Waals surface area contributed by atoms with Gasteiger partial charge in [0.05, 0.1) is 34.5 Å². The lowest BCUT2D eigenvalue weighted by molar-refractivity contribution is 0.0299. The summed E-state index contributed by atoms with van der Waals surface area (Å²) in [5, 5.41) is 3.14. The summed E-state index contributed by atoms with van der Waals surface area (Å²) < 4.78 is 21.3. The highest BCUT2D eigenvalue weighted by Crippen LogP contribution is 2.40. The Bertz CT molecular complexity index is 783. The summed E-state index contributed by atoms with van der Waals surface area (Å²) in [6, 6.07) is 5.13. The van der Waals surface area contributed by atoms with Crippen molar-refractivity contribution < 1.29 is 23.7 Å². The average molecular weight is 374 g/mol. The van der Waals surface area contributed by atoms with Crippen molar-refractivity contribution in [3.63, 3.8) is 0 Å². The van der Waals surface area contributed by atoms with E-state index in [1.165, 1.54) is 6.33 Å². The van der Waals surface area contributed by atoms with E-state index in [0.717, 1.165) is 0 Å². The van der Waals surface area contributed by atoms with Gasteiger partial charge < -0.3 is 29.2 Å². The maximum absolute atomic E-state index is 12.6. The molecule has 1 fully saturated rings. The second-order valence-corrected chi connectivity index (χ2v) is 5.73. The van der Waals surface area contributed by atoms with Crippen LogP contribution in [0.4, 0.5) is 11.5 Å². The maximum Gasteiger partial charge on any atom is 0.272 e. The Hall–Kier alpha value is -3.07. The number of anilines is 2. The molecule has 0 spiro atoms. The van der Waals surface area contributed by atoms with Gasteiger partial charge in [-0.1, -0.05) is 0 Å². The molecule has 144 valence electrons. The Morgan fingerprint density at radius 1 is 1.04 bits per heavy atom. The zero-order chi connectivity index (χ0) is 19.2. The Morgan fingerprint density at radius 3 is 2.30 bits per heavy atom. The van der Waals surface area contributed by atoms with Crippen LogP contribution < -0.4 is 19.5 Å². The van der Waals surface area contributed by atoms with E-state index < -0.39 is 0 Å². The molecule has 2 aromatic rings. The number of rotatable bonds is 6. The molecule has 0 unspecified atom stereocenters. The zero-order valence-electron chi connectivity index (χ0n) is 15.5. The van der Waals surface area contributed by atoms with Gasteiger partial charge in [-0.15, -0.1) is 0 Å². The number of methoxy groups -OCH3 is 3. The van der Waals surface area contributed by atoms with Gasteiger partial charge in [0.1, 0.15) is 17.8 Å². The third kappa shape index (κ3) is 4.20. The minimum absolute atomic E-state index is 0.145. The summed E-state index contributed by atoms with van der Waals surface area (Å²) in [6.07, 6.45) is 1.36. The Morgan fingerprint density at radius 2 is 1.70 bits per heavy atom. The first-order valence-corrected chi connectivity index (χ1v) is 8.42.